The molecule has 4 heteroatoms. The minimum atomic E-state index is 0.102. The molecule has 0 fully saturated rings. The summed E-state index contributed by atoms with van der Waals surface area (Å²) in [4.78, 5) is 1.46. The van der Waals surface area contributed by atoms with Gasteiger partial charge >= 0.3 is 0 Å². The largest absolute Gasteiger partial charge is 0.872 e. The van der Waals surface area contributed by atoms with Crippen LogP contribution >= 0.6 is 0 Å². The number of fused-ring (bicyclic) bond motifs is 3. The van der Waals surface area contributed by atoms with E-state index in [9.17, 15) is 5.11 Å². The Bertz CT molecular complexity index is 754. The second kappa shape index (κ2) is 3.46. The van der Waals surface area contributed by atoms with E-state index in [1.54, 1.807) is 12.1 Å². The molecule has 0 radical (unpaired) electrons. The zero-order chi connectivity index (χ0) is 13.3. The van der Waals surface area contributed by atoms with E-state index in [1.165, 1.54) is 21.7 Å². The number of quaternary nitrogens is 1. The molecule has 0 aromatic heterocycles. The summed E-state index contributed by atoms with van der Waals surface area (Å²) in [6, 6.07) is 7.67. The van der Waals surface area contributed by atoms with Gasteiger partial charge in [-0.3, -0.25) is 4.90 Å². The first-order valence-corrected chi connectivity index (χ1v) is 6.91. The van der Waals surface area contributed by atoms with Crippen molar-refractivity contribution < 1.29 is 19.5 Å². The highest BCUT2D eigenvalue weighted by Crippen LogP contribution is 2.44. The average molecular weight is 267 g/mol. The molecule has 100 valence electrons. The Balaban J connectivity index is 1.82. The molecule has 4 nitrogen and oxygen atoms in total. The topological polar surface area (TPSA) is 46.0 Å². The van der Waals surface area contributed by atoms with Crippen molar-refractivity contribution in [2.24, 2.45) is 0 Å². The molecule has 3 aliphatic heterocycles. The van der Waals surface area contributed by atoms with Gasteiger partial charge in [-0.1, -0.05) is 12.1 Å². The fourth-order valence-electron chi connectivity index (χ4n) is 3.70. The van der Waals surface area contributed by atoms with Gasteiger partial charge in [0, 0.05) is 28.7 Å². The molecular formula is C16H13NO3. The number of benzene rings is 2. The van der Waals surface area contributed by atoms with Gasteiger partial charge in [-0.2, -0.15) is 0 Å². The van der Waals surface area contributed by atoms with Crippen LogP contribution in [0.3, 0.4) is 0 Å². The van der Waals surface area contributed by atoms with E-state index in [2.05, 4.69) is 6.07 Å². The minimum Gasteiger partial charge on any atom is -0.872 e. The molecule has 3 heterocycles. The highest BCUT2D eigenvalue weighted by atomic mass is 16.7. The van der Waals surface area contributed by atoms with Crippen molar-refractivity contribution >= 4 is 5.69 Å². The van der Waals surface area contributed by atoms with E-state index in [4.69, 9.17) is 9.47 Å². The summed E-state index contributed by atoms with van der Waals surface area (Å²) in [6.45, 7) is 2.32. The summed E-state index contributed by atoms with van der Waals surface area (Å²) >= 11 is 0. The van der Waals surface area contributed by atoms with Crippen LogP contribution < -0.4 is 19.5 Å². The van der Waals surface area contributed by atoms with Gasteiger partial charge in [-0.25, -0.2) is 0 Å². The first-order valence-electron chi connectivity index (χ1n) is 6.91. The van der Waals surface area contributed by atoms with Gasteiger partial charge in [0.25, 0.3) is 0 Å². The van der Waals surface area contributed by atoms with E-state index in [0.29, 0.717) is 0 Å². The van der Waals surface area contributed by atoms with Crippen molar-refractivity contribution in [3.05, 3.63) is 35.4 Å². The van der Waals surface area contributed by atoms with Crippen LogP contribution in [0.1, 0.15) is 11.1 Å². The Hall–Kier alpha value is -2.20. The molecule has 0 amide bonds. The lowest BCUT2D eigenvalue weighted by Gasteiger charge is -2.26. The van der Waals surface area contributed by atoms with Crippen molar-refractivity contribution in [3.8, 4) is 28.4 Å². The van der Waals surface area contributed by atoms with Gasteiger partial charge < -0.3 is 14.6 Å². The lowest BCUT2D eigenvalue weighted by atomic mass is 9.92. The maximum atomic E-state index is 11.9. The van der Waals surface area contributed by atoms with E-state index >= 15 is 0 Å². The Labute approximate surface area is 116 Å². The van der Waals surface area contributed by atoms with Crippen LogP contribution in [0.2, 0.25) is 0 Å². The Morgan fingerprint density at radius 3 is 2.70 bits per heavy atom. The van der Waals surface area contributed by atoms with E-state index in [-0.39, 0.29) is 12.5 Å². The third-order valence-corrected chi connectivity index (χ3v) is 4.54. The first-order chi connectivity index (χ1) is 9.79. The SMILES string of the molecule is [O-]c1cc2c3c(c1)-c1cc4c(cc1C[NH+]3CC2)OCO4. The van der Waals surface area contributed by atoms with Crippen molar-refractivity contribution in [2.75, 3.05) is 13.3 Å². The van der Waals surface area contributed by atoms with Gasteiger partial charge in [0.2, 0.25) is 6.79 Å². The fraction of sp³-hybridized carbons (Fsp3) is 0.250. The van der Waals surface area contributed by atoms with Crippen molar-refractivity contribution in [1.82, 2.24) is 0 Å². The van der Waals surface area contributed by atoms with Gasteiger partial charge in [0.05, 0.1) is 6.54 Å². The predicted octanol–water partition coefficient (Wildman–Crippen LogP) is 0.742. The van der Waals surface area contributed by atoms with Crippen LogP contribution in [0.15, 0.2) is 24.3 Å². The molecule has 2 aromatic rings. The van der Waals surface area contributed by atoms with Crippen LogP contribution in [-0.4, -0.2) is 13.3 Å². The van der Waals surface area contributed by atoms with Crippen LogP contribution in [0.5, 0.6) is 17.2 Å². The number of hydrogen-bond donors (Lipinski definition) is 1. The molecule has 5 rings (SSSR count). The standard InChI is InChI=1S/C16H13NO3/c18-11-3-9-1-2-17-7-10-4-14-15(20-8-19-14)6-12(10)13(5-11)16(9)17/h3-6,18H,1-2,7-8H2. The van der Waals surface area contributed by atoms with Gasteiger partial charge in [-0.05, 0) is 12.1 Å². The molecule has 3 aliphatic rings. The molecule has 0 spiro atoms. The minimum absolute atomic E-state index is 0.102. The van der Waals surface area contributed by atoms with Gasteiger partial charge in [0.1, 0.15) is 12.2 Å². The van der Waals surface area contributed by atoms with Gasteiger partial charge in [0.15, 0.2) is 11.5 Å². The van der Waals surface area contributed by atoms with E-state index in [1.807, 2.05) is 6.07 Å². The zero-order valence-corrected chi connectivity index (χ0v) is 10.9. The third kappa shape index (κ3) is 1.24. The van der Waals surface area contributed by atoms with Crippen molar-refractivity contribution in [1.29, 1.82) is 0 Å². The molecule has 1 unspecified atom stereocenters. The molecule has 1 atom stereocenters. The maximum Gasteiger partial charge on any atom is 0.231 e. The van der Waals surface area contributed by atoms with Crippen LogP contribution in [0, 0.1) is 0 Å². The normalized spacial score (nSPS) is 20.7. The molecule has 0 bridgehead atoms. The summed E-state index contributed by atoms with van der Waals surface area (Å²) in [5.41, 5.74) is 5.99. The zero-order valence-electron chi connectivity index (χ0n) is 10.9. The molecule has 0 aliphatic carbocycles. The lowest BCUT2D eigenvalue weighted by Crippen LogP contribution is -3.05. The summed E-state index contributed by atoms with van der Waals surface area (Å²) < 4.78 is 10.9. The lowest BCUT2D eigenvalue weighted by molar-refractivity contribution is -0.841. The third-order valence-electron chi connectivity index (χ3n) is 4.54. The predicted molar refractivity (Wildman–Crippen MR) is 70.3 cm³/mol. The molecule has 20 heavy (non-hydrogen) atoms. The highest BCUT2D eigenvalue weighted by Gasteiger charge is 2.34. The summed E-state index contributed by atoms with van der Waals surface area (Å²) in [7, 11) is 0. The molecule has 1 N–H and O–H groups in total. The van der Waals surface area contributed by atoms with Crippen molar-refractivity contribution in [2.45, 2.75) is 13.0 Å². The Kier molecular flexibility index (Phi) is 1.83. The monoisotopic (exact) mass is 267 g/mol. The second-order valence-electron chi connectivity index (χ2n) is 5.65. The van der Waals surface area contributed by atoms with Crippen LogP contribution in [0.25, 0.3) is 11.1 Å². The number of ether oxygens (including phenoxy) is 2. The number of hydrogen-bond acceptors (Lipinski definition) is 3. The van der Waals surface area contributed by atoms with E-state index in [0.717, 1.165) is 42.1 Å². The van der Waals surface area contributed by atoms with Gasteiger partial charge in [-0.15, -0.1) is 5.75 Å². The number of rotatable bonds is 0. The number of nitrogens with one attached hydrogen (secondary N) is 1. The Morgan fingerprint density at radius 1 is 0.950 bits per heavy atom. The van der Waals surface area contributed by atoms with Crippen LogP contribution in [-0.2, 0) is 13.0 Å². The fourth-order valence-corrected chi connectivity index (χ4v) is 3.70. The Morgan fingerprint density at radius 2 is 1.80 bits per heavy atom. The average Bonchev–Trinajstić information content (AvgIpc) is 3.04. The summed E-state index contributed by atoms with van der Waals surface area (Å²) in [6.07, 6.45) is 0.994. The molecule has 0 saturated heterocycles. The van der Waals surface area contributed by atoms with Crippen molar-refractivity contribution in [3.63, 3.8) is 0 Å². The molecule has 0 saturated carbocycles. The summed E-state index contributed by atoms with van der Waals surface area (Å²) in [5.74, 6) is 1.71. The quantitative estimate of drug-likeness (QED) is 0.766. The molecule has 2 aromatic carbocycles. The second-order valence-corrected chi connectivity index (χ2v) is 5.65. The van der Waals surface area contributed by atoms with E-state index < -0.39 is 0 Å². The molecular weight excluding hydrogens is 254 g/mol. The first kappa shape index (κ1) is 10.6. The summed E-state index contributed by atoms with van der Waals surface area (Å²) in [5, 5.41) is 11.9. The maximum absolute atomic E-state index is 11.9. The van der Waals surface area contributed by atoms with Crippen LogP contribution in [0.4, 0.5) is 5.69 Å². The smallest absolute Gasteiger partial charge is 0.231 e. The highest BCUT2D eigenvalue weighted by molar-refractivity contribution is 5.82.